The predicted molar refractivity (Wildman–Crippen MR) is 120 cm³/mol. The molecule has 0 spiro atoms. The number of aryl methyl sites for hydroxylation is 3. The van der Waals surface area contributed by atoms with Crippen LogP contribution >= 0.6 is 15.9 Å². The molecular weight excluding hydrogens is 471 g/mol. The summed E-state index contributed by atoms with van der Waals surface area (Å²) in [7, 11) is -3.94. The first-order chi connectivity index (χ1) is 14.1. The highest BCUT2D eigenvalue weighted by Gasteiger charge is 2.20. The maximum atomic E-state index is 14.0. The Labute approximate surface area is 183 Å². The molecule has 0 saturated carbocycles. The van der Waals surface area contributed by atoms with E-state index in [1.807, 2.05) is 19.1 Å². The molecule has 0 unspecified atom stereocenters. The van der Waals surface area contributed by atoms with Crippen molar-refractivity contribution in [1.82, 2.24) is 0 Å². The monoisotopic (exact) mass is 490 g/mol. The van der Waals surface area contributed by atoms with E-state index in [-0.39, 0.29) is 16.1 Å². The molecule has 3 aromatic rings. The number of amides is 1. The van der Waals surface area contributed by atoms with Gasteiger partial charge in [-0.2, -0.15) is 0 Å². The van der Waals surface area contributed by atoms with Crippen molar-refractivity contribution >= 4 is 43.2 Å². The maximum absolute atomic E-state index is 14.0. The second-order valence-electron chi connectivity index (χ2n) is 6.98. The third-order valence-corrected chi connectivity index (χ3v) is 6.56. The predicted octanol–water partition coefficient (Wildman–Crippen LogP) is 5.57. The van der Waals surface area contributed by atoms with Gasteiger partial charge in [-0.1, -0.05) is 34.1 Å². The average molecular weight is 491 g/mol. The third-order valence-electron chi connectivity index (χ3n) is 4.56. The van der Waals surface area contributed by atoms with E-state index in [0.29, 0.717) is 15.7 Å². The van der Waals surface area contributed by atoms with E-state index in [9.17, 15) is 17.6 Å². The highest BCUT2D eigenvalue weighted by Crippen LogP contribution is 2.25. The van der Waals surface area contributed by atoms with Crippen LogP contribution in [-0.2, 0) is 10.0 Å². The van der Waals surface area contributed by atoms with Gasteiger partial charge >= 0.3 is 0 Å². The standard InChI is InChI=1S/C22H20BrFN2O3S/c1-13-4-5-14(2)20(10-13)26-30(28,29)21-11-16(7-6-15(21)3)22(27)25-19-9-8-17(23)12-18(19)24/h4-12,26H,1-3H3,(H,25,27). The zero-order chi connectivity index (χ0) is 22.1. The Bertz CT molecular complexity index is 1240. The summed E-state index contributed by atoms with van der Waals surface area (Å²) in [5, 5.41) is 2.47. The van der Waals surface area contributed by atoms with Gasteiger partial charge in [-0.25, -0.2) is 12.8 Å². The van der Waals surface area contributed by atoms with Gasteiger partial charge in [0.25, 0.3) is 15.9 Å². The molecule has 0 radical (unpaired) electrons. The molecule has 0 aliphatic carbocycles. The molecule has 0 aliphatic heterocycles. The summed E-state index contributed by atoms with van der Waals surface area (Å²) in [4.78, 5) is 12.6. The first-order valence-corrected chi connectivity index (χ1v) is 11.3. The first-order valence-electron chi connectivity index (χ1n) is 9.04. The molecule has 30 heavy (non-hydrogen) atoms. The minimum atomic E-state index is -3.94. The molecule has 8 heteroatoms. The van der Waals surface area contributed by atoms with E-state index in [0.717, 1.165) is 11.1 Å². The van der Waals surface area contributed by atoms with Crippen molar-refractivity contribution in [1.29, 1.82) is 0 Å². The van der Waals surface area contributed by atoms with Gasteiger partial charge in [0.1, 0.15) is 5.82 Å². The van der Waals surface area contributed by atoms with Gasteiger partial charge in [-0.15, -0.1) is 0 Å². The Morgan fingerprint density at radius 3 is 2.30 bits per heavy atom. The summed E-state index contributed by atoms with van der Waals surface area (Å²) in [6.07, 6.45) is 0. The van der Waals surface area contributed by atoms with Crippen molar-refractivity contribution < 1.29 is 17.6 Å². The molecule has 156 valence electrons. The van der Waals surface area contributed by atoms with Gasteiger partial charge in [0.05, 0.1) is 16.3 Å². The lowest BCUT2D eigenvalue weighted by Crippen LogP contribution is -2.18. The van der Waals surface area contributed by atoms with Crippen LogP contribution in [0.15, 0.2) is 64.0 Å². The fourth-order valence-corrected chi connectivity index (χ4v) is 4.59. The van der Waals surface area contributed by atoms with Crippen molar-refractivity contribution in [3.63, 3.8) is 0 Å². The Morgan fingerprint density at radius 1 is 0.900 bits per heavy atom. The van der Waals surface area contributed by atoms with Crippen molar-refractivity contribution in [2.45, 2.75) is 25.7 Å². The minimum absolute atomic E-state index is 0.00157. The van der Waals surface area contributed by atoms with E-state index in [4.69, 9.17) is 0 Å². The summed E-state index contributed by atoms with van der Waals surface area (Å²) in [5.41, 5.74) is 2.76. The van der Waals surface area contributed by atoms with E-state index in [1.165, 1.54) is 24.3 Å². The molecule has 5 nitrogen and oxygen atoms in total. The lowest BCUT2D eigenvalue weighted by molar-refractivity contribution is 0.102. The number of hydrogen-bond donors (Lipinski definition) is 2. The fourth-order valence-electron chi connectivity index (χ4n) is 2.86. The number of carbonyl (C=O) groups excluding carboxylic acids is 1. The quantitative estimate of drug-likeness (QED) is 0.490. The Kier molecular flexibility index (Phi) is 6.28. The lowest BCUT2D eigenvalue weighted by atomic mass is 10.1. The number of benzene rings is 3. The number of sulfonamides is 1. The Balaban J connectivity index is 1.92. The number of hydrogen-bond acceptors (Lipinski definition) is 3. The lowest BCUT2D eigenvalue weighted by Gasteiger charge is -2.14. The molecule has 0 saturated heterocycles. The number of nitrogens with one attached hydrogen (secondary N) is 2. The van der Waals surface area contributed by atoms with Crippen molar-refractivity contribution in [3.8, 4) is 0 Å². The van der Waals surface area contributed by atoms with Crippen LogP contribution in [0.5, 0.6) is 0 Å². The van der Waals surface area contributed by atoms with Gasteiger partial charge < -0.3 is 5.32 Å². The van der Waals surface area contributed by atoms with Gasteiger partial charge in [0, 0.05) is 10.0 Å². The third kappa shape index (κ3) is 4.88. The normalized spacial score (nSPS) is 11.2. The summed E-state index contributed by atoms with van der Waals surface area (Å²) >= 11 is 3.16. The van der Waals surface area contributed by atoms with Crippen molar-refractivity contribution in [2.75, 3.05) is 10.0 Å². The van der Waals surface area contributed by atoms with Crippen LogP contribution in [0.1, 0.15) is 27.0 Å². The van der Waals surface area contributed by atoms with Gasteiger partial charge in [-0.3, -0.25) is 9.52 Å². The number of carbonyl (C=O) groups is 1. The minimum Gasteiger partial charge on any atom is -0.319 e. The van der Waals surface area contributed by atoms with Gasteiger partial charge in [0.2, 0.25) is 0 Å². The molecule has 3 aromatic carbocycles. The topological polar surface area (TPSA) is 75.3 Å². The molecule has 0 aliphatic rings. The highest BCUT2D eigenvalue weighted by molar-refractivity contribution is 9.10. The van der Waals surface area contributed by atoms with Crippen LogP contribution in [0.2, 0.25) is 0 Å². The van der Waals surface area contributed by atoms with Crippen LogP contribution in [0.4, 0.5) is 15.8 Å². The molecule has 3 rings (SSSR count). The molecule has 2 N–H and O–H groups in total. The van der Waals surface area contributed by atoms with Crippen LogP contribution in [-0.4, -0.2) is 14.3 Å². The summed E-state index contributed by atoms with van der Waals surface area (Å²) in [5.74, 6) is -1.21. The van der Waals surface area contributed by atoms with Crippen molar-refractivity contribution in [3.05, 3.63) is 87.1 Å². The molecule has 0 heterocycles. The maximum Gasteiger partial charge on any atom is 0.262 e. The molecule has 1 amide bonds. The summed E-state index contributed by atoms with van der Waals surface area (Å²) in [6, 6.07) is 14.0. The van der Waals surface area contributed by atoms with E-state index < -0.39 is 21.7 Å². The zero-order valence-corrected chi connectivity index (χ0v) is 19.0. The number of rotatable bonds is 5. The van der Waals surface area contributed by atoms with E-state index in [2.05, 4.69) is 26.0 Å². The molecule has 0 fully saturated rings. The highest BCUT2D eigenvalue weighted by atomic mass is 79.9. The average Bonchev–Trinajstić information content (AvgIpc) is 2.67. The zero-order valence-electron chi connectivity index (χ0n) is 16.6. The molecular formula is C22H20BrFN2O3S. The molecule has 0 bridgehead atoms. The van der Waals surface area contributed by atoms with E-state index in [1.54, 1.807) is 32.0 Å². The van der Waals surface area contributed by atoms with Gasteiger partial charge in [0.15, 0.2) is 0 Å². The summed E-state index contributed by atoms with van der Waals surface area (Å²) < 4.78 is 43.2. The summed E-state index contributed by atoms with van der Waals surface area (Å²) in [6.45, 7) is 5.32. The van der Waals surface area contributed by atoms with Crippen LogP contribution in [0.25, 0.3) is 0 Å². The van der Waals surface area contributed by atoms with Crippen LogP contribution < -0.4 is 10.0 Å². The smallest absolute Gasteiger partial charge is 0.262 e. The molecule has 0 aromatic heterocycles. The van der Waals surface area contributed by atoms with Gasteiger partial charge in [-0.05, 0) is 73.9 Å². The van der Waals surface area contributed by atoms with E-state index >= 15 is 0 Å². The SMILES string of the molecule is Cc1ccc(C)c(NS(=O)(=O)c2cc(C(=O)Nc3ccc(Br)cc3F)ccc2C)c1. The Morgan fingerprint density at radius 2 is 1.60 bits per heavy atom. The number of anilines is 2. The van der Waals surface area contributed by atoms with Crippen LogP contribution in [0, 0.1) is 26.6 Å². The second-order valence-corrected chi connectivity index (χ2v) is 9.55. The fraction of sp³-hybridized carbons (Fsp3) is 0.136. The van der Waals surface area contributed by atoms with Crippen LogP contribution in [0.3, 0.4) is 0 Å². The van der Waals surface area contributed by atoms with Crippen molar-refractivity contribution in [2.24, 2.45) is 0 Å². The second kappa shape index (κ2) is 8.57. The Hall–Kier alpha value is -2.71. The molecule has 0 atom stereocenters. The largest absolute Gasteiger partial charge is 0.319 e. The number of halogens is 2. The first kappa shape index (κ1) is 22.0.